The molecule has 0 aliphatic heterocycles. The lowest BCUT2D eigenvalue weighted by molar-refractivity contribution is 0.0933. The number of carbonyl (C=O) groups excluding carboxylic acids is 2. The van der Waals surface area contributed by atoms with Crippen molar-refractivity contribution in [3.8, 4) is 16.2 Å². The van der Waals surface area contributed by atoms with E-state index < -0.39 is 6.03 Å². The van der Waals surface area contributed by atoms with Crippen molar-refractivity contribution in [3.05, 3.63) is 35.9 Å². The van der Waals surface area contributed by atoms with Crippen molar-refractivity contribution in [2.24, 2.45) is 5.73 Å². The van der Waals surface area contributed by atoms with Crippen LogP contribution in [-0.4, -0.2) is 23.1 Å². The minimum Gasteiger partial charge on any atom is -0.508 e. The number of nitrogens with one attached hydrogen (secondary N) is 2. The Morgan fingerprint density at radius 1 is 1.15 bits per heavy atom. The predicted octanol–water partition coefficient (Wildman–Crippen LogP) is 4.70. The van der Waals surface area contributed by atoms with Crippen LogP contribution in [0.25, 0.3) is 10.4 Å². The molecule has 0 aliphatic carbocycles. The van der Waals surface area contributed by atoms with Gasteiger partial charge in [0.2, 0.25) is 0 Å². The summed E-state index contributed by atoms with van der Waals surface area (Å²) in [5, 5.41) is 15.5. The van der Waals surface area contributed by atoms with Gasteiger partial charge >= 0.3 is 6.03 Å². The Morgan fingerprint density at radius 2 is 1.85 bits per heavy atom. The second kappa shape index (κ2) is 9.97. The van der Waals surface area contributed by atoms with Crippen molar-refractivity contribution < 1.29 is 14.7 Å². The van der Waals surface area contributed by atoms with E-state index in [1.165, 1.54) is 11.3 Å². The minimum absolute atomic E-state index is 0.112. The molecule has 1 heterocycles. The van der Waals surface area contributed by atoms with Crippen LogP contribution in [0.4, 0.5) is 9.80 Å². The highest BCUT2D eigenvalue weighted by Gasteiger charge is 2.20. The van der Waals surface area contributed by atoms with Gasteiger partial charge in [-0.25, -0.2) is 4.79 Å². The fourth-order valence-corrected chi connectivity index (χ4v) is 3.95. The predicted molar refractivity (Wildman–Crippen MR) is 110 cm³/mol. The van der Waals surface area contributed by atoms with Crippen molar-refractivity contribution in [3.63, 3.8) is 0 Å². The summed E-state index contributed by atoms with van der Waals surface area (Å²) < 4.78 is 0. The zero-order chi connectivity index (χ0) is 19.8. The molecule has 1 atom stereocenters. The highest BCUT2D eigenvalue weighted by Crippen LogP contribution is 2.36. The Bertz CT molecular complexity index is 771. The number of amides is 3. The topological polar surface area (TPSA) is 104 Å². The van der Waals surface area contributed by atoms with E-state index in [1.807, 2.05) is 0 Å². The first-order valence-corrected chi connectivity index (χ1v) is 10.1. The number of carbonyl (C=O) groups is 2. The number of benzene rings is 1. The van der Waals surface area contributed by atoms with E-state index >= 15 is 0 Å². The lowest BCUT2D eigenvalue weighted by atomic mass is 10.0. The quantitative estimate of drug-likeness (QED) is 0.499. The number of aromatic hydroxyl groups is 1. The van der Waals surface area contributed by atoms with E-state index in [4.69, 9.17) is 5.73 Å². The smallest absolute Gasteiger partial charge is 0.317 e. The molecule has 27 heavy (non-hydrogen) atoms. The number of hydrogen-bond donors (Lipinski definition) is 4. The van der Waals surface area contributed by atoms with Crippen LogP contribution < -0.4 is 16.4 Å². The van der Waals surface area contributed by atoms with Gasteiger partial charge in [-0.3, -0.25) is 10.1 Å². The maximum Gasteiger partial charge on any atom is 0.317 e. The van der Waals surface area contributed by atoms with Crippen LogP contribution >= 0.6 is 11.3 Å². The summed E-state index contributed by atoms with van der Waals surface area (Å²) in [6.07, 6.45) is 4.97. The van der Waals surface area contributed by atoms with Gasteiger partial charge in [-0.2, -0.15) is 0 Å². The van der Waals surface area contributed by atoms with Crippen LogP contribution in [0.15, 0.2) is 30.3 Å². The van der Waals surface area contributed by atoms with Crippen LogP contribution in [0.5, 0.6) is 5.75 Å². The minimum atomic E-state index is -0.709. The number of nitrogens with two attached hydrogens (primary N) is 1. The van der Waals surface area contributed by atoms with Crippen LogP contribution in [0.1, 0.15) is 56.3 Å². The standard InChI is InChI=1S/C20H27N3O3S/c1-3-5-7-14(6-4-2)22-18(25)16-12-17(27-19(16)23-20(21)26)13-8-10-15(24)11-9-13/h8-12,14,24H,3-7H2,1-2H3,(H,22,25)(H3,21,23,26). The highest BCUT2D eigenvalue weighted by atomic mass is 32.1. The average molecular weight is 390 g/mol. The van der Waals surface area contributed by atoms with Crippen molar-refractivity contribution in [1.29, 1.82) is 0 Å². The van der Waals surface area contributed by atoms with Crippen LogP contribution in [0, 0.1) is 0 Å². The average Bonchev–Trinajstić information content (AvgIpc) is 3.03. The number of thiophene rings is 1. The number of unbranched alkanes of at least 4 members (excludes halogenated alkanes) is 1. The van der Waals surface area contributed by atoms with Gasteiger partial charge in [-0.05, 0) is 48.7 Å². The number of primary amides is 1. The van der Waals surface area contributed by atoms with Gasteiger partial charge in [-0.15, -0.1) is 11.3 Å². The summed E-state index contributed by atoms with van der Waals surface area (Å²) in [5.74, 6) is -0.0447. The number of phenolic OH excluding ortho intramolecular Hbond substituents is 1. The summed E-state index contributed by atoms with van der Waals surface area (Å²) in [5.41, 5.74) is 6.52. The summed E-state index contributed by atoms with van der Waals surface area (Å²) in [4.78, 5) is 25.0. The van der Waals surface area contributed by atoms with Gasteiger partial charge in [0.05, 0.1) is 5.56 Å². The number of urea groups is 1. The Hall–Kier alpha value is -2.54. The van der Waals surface area contributed by atoms with E-state index in [0.29, 0.717) is 10.6 Å². The maximum atomic E-state index is 12.9. The molecule has 0 saturated carbocycles. The number of hydrogen-bond acceptors (Lipinski definition) is 4. The van der Waals surface area contributed by atoms with Crippen molar-refractivity contribution in [1.82, 2.24) is 5.32 Å². The van der Waals surface area contributed by atoms with Gasteiger partial charge in [0.1, 0.15) is 10.8 Å². The van der Waals surface area contributed by atoms with E-state index in [2.05, 4.69) is 24.5 Å². The summed E-state index contributed by atoms with van der Waals surface area (Å²) in [6, 6.07) is 7.84. The van der Waals surface area contributed by atoms with Gasteiger partial charge in [0.15, 0.2) is 0 Å². The molecule has 0 bridgehead atoms. The number of rotatable bonds is 9. The lowest BCUT2D eigenvalue weighted by Crippen LogP contribution is -2.35. The number of phenols is 1. The first-order chi connectivity index (χ1) is 12.9. The molecule has 5 N–H and O–H groups in total. The Balaban J connectivity index is 2.27. The third-order valence-electron chi connectivity index (χ3n) is 4.24. The van der Waals surface area contributed by atoms with E-state index in [9.17, 15) is 14.7 Å². The Labute approximate surface area is 163 Å². The maximum absolute atomic E-state index is 12.9. The molecule has 0 fully saturated rings. The molecule has 0 saturated heterocycles. The van der Waals surface area contributed by atoms with Crippen LogP contribution in [-0.2, 0) is 0 Å². The molecule has 1 unspecified atom stereocenters. The van der Waals surface area contributed by atoms with E-state index in [1.54, 1.807) is 30.3 Å². The molecule has 146 valence electrons. The summed E-state index contributed by atoms with van der Waals surface area (Å²) >= 11 is 1.28. The molecule has 2 rings (SSSR count). The SMILES string of the molecule is CCCCC(CCC)NC(=O)c1cc(-c2ccc(O)cc2)sc1NC(N)=O. The van der Waals surface area contributed by atoms with E-state index in [0.717, 1.165) is 42.5 Å². The molecular formula is C20H27N3O3S. The molecule has 6 nitrogen and oxygen atoms in total. The molecule has 0 spiro atoms. The van der Waals surface area contributed by atoms with Crippen molar-refractivity contribution >= 4 is 28.3 Å². The molecule has 1 aromatic heterocycles. The molecule has 0 radical (unpaired) electrons. The monoisotopic (exact) mass is 389 g/mol. The normalized spacial score (nSPS) is 11.8. The molecule has 0 aliphatic rings. The molecule has 1 aromatic carbocycles. The fourth-order valence-electron chi connectivity index (χ4n) is 2.88. The highest BCUT2D eigenvalue weighted by molar-refractivity contribution is 7.20. The van der Waals surface area contributed by atoms with Crippen LogP contribution in [0.3, 0.4) is 0 Å². The zero-order valence-electron chi connectivity index (χ0n) is 15.7. The molecule has 7 heteroatoms. The summed E-state index contributed by atoms with van der Waals surface area (Å²) in [6.45, 7) is 4.22. The summed E-state index contributed by atoms with van der Waals surface area (Å²) in [7, 11) is 0. The van der Waals surface area contributed by atoms with E-state index in [-0.39, 0.29) is 17.7 Å². The lowest BCUT2D eigenvalue weighted by Gasteiger charge is -2.18. The van der Waals surface area contributed by atoms with Crippen LogP contribution in [0.2, 0.25) is 0 Å². The van der Waals surface area contributed by atoms with Gasteiger partial charge in [-0.1, -0.05) is 33.1 Å². The third-order valence-corrected chi connectivity index (χ3v) is 5.34. The molecule has 3 amide bonds. The zero-order valence-corrected chi connectivity index (χ0v) is 16.6. The molecule has 2 aromatic rings. The van der Waals surface area contributed by atoms with Crippen molar-refractivity contribution in [2.45, 2.75) is 52.0 Å². The van der Waals surface area contributed by atoms with Crippen molar-refractivity contribution in [2.75, 3.05) is 5.32 Å². The second-order valence-corrected chi connectivity index (χ2v) is 7.54. The first kappa shape index (κ1) is 20.8. The van der Waals surface area contributed by atoms with Gasteiger partial charge in [0.25, 0.3) is 5.91 Å². The Morgan fingerprint density at radius 3 is 2.44 bits per heavy atom. The molecular weight excluding hydrogens is 362 g/mol. The second-order valence-electron chi connectivity index (χ2n) is 6.49. The van der Waals surface area contributed by atoms with Gasteiger partial charge < -0.3 is 16.2 Å². The largest absolute Gasteiger partial charge is 0.508 e. The third kappa shape index (κ3) is 5.99. The Kier molecular flexibility index (Phi) is 7.67. The first-order valence-electron chi connectivity index (χ1n) is 9.25. The fraction of sp³-hybridized carbons (Fsp3) is 0.400. The van der Waals surface area contributed by atoms with Gasteiger partial charge in [0, 0.05) is 10.9 Å². The number of anilines is 1.